The molecule has 0 bridgehead atoms. The zero-order valence-corrected chi connectivity index (χ0v) is 8.40. The first-order valence-electron chi connectivity index (χ1n) is 3.92. The Balaban J connectivity index is 2.75. The lowest BCUT2D eigenvalue weighted by Gasteiger charge is -2.07. The summed E-state index contributed by atoms with van der Waals surface area (Å²) in [6.07, 6.45) is 1.42. The standard InChI is InChI=1S/C7H19NSi/c1-4-9-7-5-6-8(2)3/h4-7,9H2,1-3H3. The maximum atomic E-state index is 2.31. The summed E-state index contributed by atoms with van der Waals surface area (Å²) in [6.45, 7) is 3.59. The van der Waals surface area contributed by atoms with Crippen molar-refractivity contribution in [1.82, 2.24) is 4.90 Å². The van der Waals surface area contributed by atoms with Gasteiger partial charge in [-0.1, -0.05) is 19.0 Å². The average molecular weight is 145 g/mol. The Morgan fingerprint density at radius 3 is 2.44 bits per heavy atom. The van der Waals surface area contributed by atoms with Gasteiger partial charge in [0.25, 0.3) is 0 Å². The normalized spacial score (nSPS) is 12.0. The van der Waals surface area contributed by atoms with Crippen LogP contribution in [-0.4, -0.2) is 35.1 Å². The Hall–Kier alpha value is 0.177. The number of hydrogen-bond donors (Lipinski definition) is 0. The molecule has 0 spiro atoms. The summed E-state index contributed by atoms with van der Waals surface area (Å²) in [5, 5.41) is 0. The zero-order valence-electron chi connectivity index (χ0n) is 6.98. The predicted molar refractivity (Wildman–Crippen MR) is 47.0 cm³/mol. The van der Waals surface area contributed by atoms with E-state index >= 15 is 0 Å². The second-order valence-corrected chi connectivity index (χ2v) is 5.28. The van der Waals surface area contributed by atoms with Crippen LogP contribution in [0.3, 0.4) is 0 Å². The van der Waals surface area contributed by atoms with E-state index in [1.165, 1.54) is 25.1 Å². The van der Waals surface area contributed by atoms with Gasteiger partial charge in [-0.15, -0.1) is 0 Å². The van der Waals surface area contributed by atoms with E-state index in [0.29, 0.717) is 9.52 Å². The highest BCUT2D eigenvalue weighted by Gasteiger charge is 1.89. The number of rotatable bonds is 5. The van der Waals surface area contributed by atoms with Crippen molar-refractivity contribution in [2.45, 2.75) is 25.4 Å². The summed E-state index contributed by atoms with van der Waals surface area (Å²) >= 11 is 0. The Bertz CT molecular complexity index is 54.9. The van der Waals surface area contributed by atoms with E-state index in [1.54, 1.807) is 0 Å². The zero-order chi connectivity index (χ0) is 7.11. The van der Waals surface area contributed by atoms with E-state index in [1.807, 2.05) is 0 Å². The minimum absolute atomic E-state index is 0.352. The molecule has 9 heavy (non-hydrogen) atoms. The average Bonchev–Trinajstić information content (AvgIpc) is 1.80. The molecule has 0 aliphatic heterocycles. The van der Waals surface area contributed by atoms with Gasteiger partial charge in [0.15, 0.2) is 0 Å². The smallest absolute Gasteiger partial charge is 0.0195 e. The molecule has 0 aliphatic rings. The molecule has 0 saturated carbocycles. The van der Waals surface area contributed by atoms with Crippen molar-refractivity contribution in [1.29, 1.82) is 0 Å². The summed E-state index contributed by atoms with van der Waals surface area (Å²) in [5.74, 6) is 0. The van der Waals surface area contributed by atoms with E-state index in [0.717, 1.165) is 0 Å². The third-order valence-corrected chi connectivity index (χ3v) is 3.17. The van der Waals surface area contributed by atoms with Crippen LogP contribution < -0.4 is 0 Å². The third kappa shape index (κ3) is 8.18. The van der Waals surface area contributed by atoms with Crippen molar-refractivity contribution in [2.24, 2.45) is 0 Å². The lowest BCUT2D eigenvalue weighted by molar-refractivity contribution is 0.408. The van der Waals surface area contributed by atoms with Crippen molar-refractivity contribution in [3.05, 3.63) is 0 Å². The van der Waals surface area contributed by atoms with Crippen LogP contribution >= 0.6 is 0 Å². The van der Waals surface area contributed by atoms with E-state index in [9.17, 15) is 0 Å². The molecule has 0 fully saturated rings. The van der Waals surface area contributed by atoms with Gasteiger partial charge in [-0.25, -0.2) is 0 Å². The molecule has 56 valence electrons. The molecule has 0 aromatic carbocycles. The highest BCUT2D eigenvalue weighted by molar-refractivity contribution is 6.35. The lowest BCUT2D eigenvalue weighted by Crippen LogP contribution is -2.13. The highest BCUT2D eigenvalue weighted by Crippen LogP contribution is 1.91. The second kappa shape index (κ2) is 6.30. The molecule has 0 unspecified atom stereocenters. The van der Waals surface area contributed by atoms with Crippen molar-refractivity contribution in [3.8, 4) is 0 Å². The molecular formula is C7H19NSi. The fourth-order valence-corrected chi connectivity index (χ4v) is 1.93. The van der Waals surface area contributed by atoms with Crippen LogP contribution in [0.4, 0.5) is 0 Å². The first kappa shape index (κ1) is 9.18. The topological polar surface area (TPSA) is 3.24 Å². The monoisotopic (exact) mass is 145 g/mol. The lowest BCUT2D eigenvalue weighted by atomic mass is 10.5. The number of hydrogen-bond acceptors (Lipinski definition) is 1. The summed E-state index contributed by atoms with van der Waals surface area (Å²) in [6, 6.07) is 3.02. The second-order valence-electron chi connectivity index (χ2n) is 2.86. The van der Waals surface area contributed by atoms with Crippen LogP contribution in [0, 0.1) is 0 Å². The first-order valence-corrected chi connectivity index (χ1v) is 5.92. The number of nitrogens with zero attached hydrogens (tertiary/aromatic N) is 1. The molecule has 0 rings (SSSR count). The van der Waals surface area contributed by atoms with Crippen LogP contribution in [0.1, 0.15) is 13.3 Å². The molecule has 0 atom stereocenters. The van der Waals surface area contributed by atoms with Crippen LogP contribution in [0.25, 0.3) is 0 Å². The van der Waals surface area contributed by atoms with Gasteiger partial charge in [-0.05, 0) is 27.1 Å². The van der Waals surface area contributed by atoms with Gasteiger partial charge < -0.3 is 4.90 Å². The highest BCUT2D eigenvalue weighted by atomic mass is 28.2. The maximum Gasteiger partial charge on any atom is 0.0195 e. The van der Waals surface area contributed by atoms with Crippen molar-refractivity contribution < 1.29 is 0 Å². The van der Waals surface area contributed by atoms with Gasteiger partial charge >= 0.3 is 0 Å². The molecule has 1 nitrogen and oxygen atoms in total. The van der Waals surface area contributed by atoms with Crippen LogP contribution in [0.5, 0.6) is 0 Å². The minimum Gasteiger partial charge on any atom is -0.309 e. The minimum atomic E-state index is 0.352. The van der Waals surface area contributed by atoms with Gasteiger partial charge in [-0.2, -0.15) is 0 Å². The molecule has 0 N–H and O–H groups in total. The largest absolute Gasteiger partial charge is 0.309 e. The SMILES string of the molecule is CC[SiH2]CCCN(C)C. The van der Waals surface area contributed by atoms with Crippen LogP contribution in [-0.2, 0) is 0 Å². The molecule has 0 heterocycles. The van der Waals surface area contributed by atoms with Gasteiger partial charge in [0.05, 0.1) is 0 Å². The first-order chi connectivity index (χ1) is 4.27. The Morgan fingerprint density at radius 2 is 2.00 bits per heavy atom. The molecule has 0 aliphatic carbocycles. The van der Waals surface area contributed by atoms with Gasteiger partial charge in [0.1, 0.15) is 0 Å². The predicted octanol–water partition coefficient (Wildman–Crippen LogP) is 0.963. The molecule has 0 amide bonds. The quantitative estimate of drug-likeness (QED) is 0.411. The maximum absolute atomic E-state index is 2.31. The van der Waals surface area contributed by atoms with Crippen molar-refractivity contribution in [3.63, 3.8) is 0 Å². The Labute approximate surface area is 61.3 Å². The van der Waals surface area contributed by atoms with E-state index in [4.69, 9.17) is 0 Å². The molecule has 0 aromatic heterocycles. The Kier molecular flexibility index (Phi) is 6.42. The fourth-order valence-electron chi connectivity index (χ4n) is 0.855. The summed E-state index contributed by atoms with van der Waals surface area (Å²) in [7, 11) is 4.64. The molecule has 0 aromatic rings. The van der Waals surface area contributed by atoms with Crippen molar-refractivity contribution in [2.75, 3.05) is 20.6 Å². The molecule has 0 saturated heterocycles. The van der Waals surface area contributed by atoms with Crippen LogP contribution in [0.2, 0.25) is 12.1 Å². The van der Waals surface area contributed by atoms with E-state index in [2.05, 4.69) is 25.9 Å². The third-order valence-electron chi connectivity index (χ3n) is 1.46. The van der Waals surface area contributed by atoms with Gasteiger partial charge in [0, 0.05) is 9.52 Å². The summed E-state index contributed by atoms with van der Waals surface area (Å²) in [4.78, 5) is 2.27. The molecular weight excluding hydrogens is 126 g/mol. The van der Waals surface area contributed by atoms with E-state index in [-0.39, 0.29) is 0 Å². The van der Waals surface area contributed by atoms with Gasteiger partial charge in [-0.3, -0.25) is 0 Å². The van der Waals surface area contributed by atoms with E-state index < -0.39 is 0 Å². The van der Waals surface area contributed by atoms with Crippen LogP contribution in [0.15, 0.2) is 0 Å². The van der Waals surface area contributed by atoms with Crippen molar-refractivity contribution >= 4 is 9.52 Å². The molecule has 2 heteroatoms. The Morgan fingerprint density at radius 1 is 1.33 bits per heavy atom. The fraction of sp³-hybridized carbons (Fsp3) is 1.00. The summed E-state index contributed by atoms with van der Waals surface area (Å²) < 4.78 is 0. The molecule has 0 radical (unpaired) electrons. The van der Waals surface area contributed by atoms with Gasteiger partial charge in [0.2, 0.25) is 0 Å². The summed E-state index contributed by atoms with van der Waals surface area (Å²) in [5.41, 5.74) is 0.